The lowest BCUT2D eigenvalue weighted by Crippen LogP contribution is -2.40. The molecule has 0 unspecified atom stereocenters. The lowest BCUT2D eigenvalue weighted by atomic mass is 9.87. The van der Waals surface area contributed by atoms with E-state index in [4.69, 9.17) is 4.74 Å². The third-order valence-electron chi connectivity index (χ3n) is 6.34. The minimum absolute atomic E-state index is 0.00473. The molecular formula is C24H31N3O2. The molecule has 1 aromatic heterocycles. The predicted molar refractivity (Wildman–Crippen MR) is 115 cm³/mol. The Morgan fingerprint density at radius 1 is 1.24 bits per heavy atom. The summed E-state index contributed by atoms with van der Waals surface area (Å²) in [5.41, 5.74) is 3.63. The fourth-order valence-corrected chi connectivity index (χ4v) is 4.69. The molecule has 1 aliphatic carbocycles. The summed E-state index contributed by atoms with van der Waals surface area (Å²) < 4.78 is 5.76. The minimum atomic E-state index is -0.250. The Labute approximate surface area is 173 Å². The molecule has 0 bridgehead atoms. The predicted octanol–water partition coefficient (Wildman–Crippen LogP) is 5.14. The van der Waals surface area contributed by atoms with Crippen LogP contribution in [0.1, 0.15) is 57.1 Å². The molecule has 1 saturated carbocycles. The third-order valence-corrected chi connectivity index (χ3v) is 6.34. The van der Waals surface area contributed by atoms with Crippen LogP contribution in [0.15, 0.2) is 42.7 Å². The number of carbonyl (C=O) groups excluding carboxylic acids is 1. The zero-order chi connectivity index (χ0) is 20.4. The van der Waals surface area contributed by atoms with Crippen LogP contribution < -0.4 is 9.64 Å². The molecule has 29 heavy (non-hydrogen) atoms. The average Bonchev–Trinajstić information content (AvgIpc) is 2.98. The molecule has 1 fully saturated rings. The second-order valence-corrected chi connectivity index (χ2v) is 9.05. The van der Waals surface area contributed by atoms with Gasteiger partial charge >= 0.3 is 6.09 Å². The minimum Gasteiger partial charge on any atom is -0.410 e. The summed E-state index contributed by atoms with van der Waals surface area (Å²) in [4.78, 5) is 21.1. The summed E-state index contributed by atoms with van der Waals surface area (Å²) in [7, 11) is 1.87. The van der Waals surface area contributed by atoms with Gasteiger partial charge in [0.15, 0.2) is 0 Å². The molecule has 0 N–H and O–H groups in total. The van der Waals surface area contributed by atoms with Crippen LogP contribution in [0, 0.1) is 0 Å². The zero-order valence-corrected chi connectivity index (χ0v) is 17.7. The van der Waals surface area contributed by atoms with E-state index in [1.807, 2.05) is 31.4 Å². The average molecular weight is 394 g/mol. The Kier molecular flexibility index (Phi) is 5.48. The number of nitrogens with zero attached hydrogens (tertiary/aromatic N) is 3. The van der Waals surface area contributed by atoms with Crippen LogP contribution in [0.3, 0.4) is 0 Å². The first-order chi connectivity index (χ1) is 13.9. The Hall–Kier alpha value is -2.56. The lowest BCUT2D eigenvalue weighted by molar-refractivity contribution is 0.133. The van der Waals surface area contributed by atoms with Crippen LogP contribution in [0.5, 0.6) is 5.75 Å². The van der Waals surface area contributed by atoms with Gasteiger partial charge in [0.2, 0.25) is 0 Å². The van der Waals surface area contributed by atoms with Crippen LogP contribution in [-0.2, 0) is 12.0 Å². The highest BCUT2D eigenvalue weighted by molar-refractivity contribution is 5.72. The molecule has 2 aliphatic rings. The molecule has 0 atom stereocenters. The quantitative estimate of drug-likeness (QED) is 0.721. The van der Waals surface area contributed by atoms with E-state index in [1.165, 1.54) is 36.1 Å². The number of hydrogen-bond donors (Lipinski definition) is 0. The van der Waals surface area contributed by atoms with Crippen molar-refractivity contribution >= 4 is 11.8 Å². The summed E-state index contributed by atoms with van der Waals surface area (Å²) in [6, 6.07) is 10.4. The Bertz CT molecular complexity index is 860. The Morgan fingerprint density at radius 2 is 2.03 bits per heavy atom. The van der Waals surface area contributed by atoms with Crippen LogP contribution in [0.25, 0.3) is 0 Å². The number of fused-ring (bicyclic) bond motifs is 1. The molecule has 0 radical (unpaired) electrons. The molecule has 4 rings (SSSR count). The standard InChI is InChI=1S/C24H31N3O2/c1-24(2)17-27(16-18-8-7-13-25-15-18)22-12-11-20(14-21(22)24)29-23(28)26(3)19-9-5-4-6-10-19/h7-8,11-15,19H,4-6,9-10,16-17H2,1-3H3. The van der Waals surface area contributed by atoms with Crippen molar-refractivity contribution < 1.29 is 9.53 Å². The fourth-order valence-electron chi connectivity index (χ4n) is 4.69. The van der Waals surface area contributed by atoms with Gasteiger partial charge in [0, 0.05) is 49.7 Å². The van der Waals surface area contributed by atoms with Crippen molar-refractivity contribution in [2.45, 2.75) is 64.0 Å². The first kappa shape index (κ1) is 19.7. The molecule has 2 aromatic rings. The number of ether oxygens (including phenoxy) is 1. The van der Waals surface area contributed by atoms with E-state index in [-0.39, 0.29) is 11.5 Å². The fraction of sp³-hybridized carbons (Fsp3) is 0.500. The number of anilines is 1. The zero-order valence-electron chi connectivity index (χ0n) is 17.7. The maximum atomic E-state index is 12.7. The van der Waals surface area contributed by atoms with Crippen molar-refractivity contribution in [2.24, 2.45) is 0 Å². The van der Waals surface area contributed by atoms with Gasteiger partial charge in [-0.1, -0.05) is 39.2 Å². The number of carbonyl (C=O) groups is 1. The van der Waals surface area contributed by atoms with E-state index in [0.29, 0.717) is 11.8 Å². The molecule has 5 heteroatoms. The Balaban J connectivity index is 1.49. The van der Waals surface area contributed by atoms with Gasteiger partial charge in [-0.3, -0.25) is 4.98 Å². The number of rotatable bonds is 4. The second-order valence-electron chi connectivity index (χ2n) is 9.05. The summed E-state index contributed by atoms with van der Waals surface area (Å²) in [5.74, 6) is 0.632. The van der Waals surface area contributed by atoms with Gasteiger partial charge in [-0.05, 0) is 48.2 Å². The molecule has 0 spiro atoms. The highest BCUT2D eigenvalue weighted by Crippen LogP contribution is 2.43. The lowest BCUT2D eigenvalue weighted by Gasteiger charge is -2.30. The number of benzene rings is 1. The summed E-state index contributed by atoms with van der Waals surface area (Å²) in [6.07, 6.45) is 9.29. The smallest absolute Gasteiger partial charge is 0.410 e. The number of aromatic nitrogens is 1. The van der Waals surface area contributed by atoms with Crippen LogP contribution >= 0.6 is 0 Å². The maximum absolute atomic E-state index is 12.7. The molecule has 1 amide bonds. The topological polar surface area (TPSA) is 45.7 Å². The van der Waals surface area contributed by atoms with Gasteiger partial charge in [0.25, 0.3) is 0 Å². The maximum Gasteiger partial charge on any atom is 0.415 e. The molecular weight excluding hydrogens is 362 g/mol. The van der Waals surface area contributed by atoms with Crippen molar-refractivity contribution in [3.8, 4) is 5.75 Å². The van der Waals surface area contributed by atoms with E-state index >= 15 is 0 Å². The molecule has 0 saturated heterocycles. The molecule has 5 nitrogen and oxygen atoms in total. The van der Waals surface area contributed by atoms with E-state index in [1.54, 1.807) is 11.1 Å². The summed E-state index contributed by atoms with van der Waals surface area (Å²) in [5, 5.41) is 0. The number of amides is 1. The highest BCUT2D eigenvalue weighted by Gasteiger charge is 2.35. The van der Waals surface area contributed by atoms with E-state index in [2.05, 4.69) is 35.9 Å². The van der Waals surface area contributed by atoms with Crippen LogP contribution in [0.2, 0.25) is 0 Å². The highest BCUT2D eigenvalue weighted by atomic mass is 16.6. The van der Waals surface area contributed by atoms with Crippen molar-refractivity contribution in [1.29, 1.82) is 0 Å². The monoisotopic (exact) mass is 393 g/mol. The van der Waals surface area contributed by atoms with E-state index in [9.17, 15) is 4.79 Å². The van der Waals surface area contributed by atoms with Gasteiger partial charge < -0.3 is 14.5 Å². The van der Waals surface area contributed by atoms with Gasteiger partial charge in [-0.2, -0.15) is 0 Å². The van der Waals surface area contributed by atoms with Gasteiger partial charge in [0.1, 0.15) is 5.75 Å². The van der Waals surface area contributed by atoms with Gasteiger partial charge in [0.05, 0.1) is 0 Å². The van der Waals surface area contributed by atoms with Gasteiger partial charge in [-0.15, -0.1) is 0 Å². The first-order valence-corrected chi connectivity index (χ1v) is 10.7. The van der Waals surface area contributed by atoms with Crippen molar-refractivity contribution in [3.05, 3.63) is 53.9 Å². The summed E-state index contributed by atoms with van der Waals surface area (Å²) >= 11 is 0. The first-order valence-electron chi connectivity index (χ1n) is 10.7. The van der Waals surface area contributed by atoms with Crippen molar-refractivity contribution in [3.63, 3.8) is 0 Å². The number of hydrogen-bond acceptors (Lipinski definition) is 4. The number of pyridine rings is 1. The summed E-state index contributed by atoms with van der Waals surface area (Å²) in [6.45, 7) is 6.24. The van der Waals surface area contributed by atoms with E-state index < -0.39 is 0 Å². The molecule has 154 valence electrons. The SMILES string of the molecule is CN(C(=O)Oc1ccc2c(c1)C(C)(C)CN2Cc1cccnc1)C1CCCCC1. The Morgan fingerprint density at radius 3 is 2.76 bits per heavy atom. The molecule has 1 aliphatic heterocycles. The van der Waals surface area contributed by atoms with Crippen LogP contribution in [-0.4, -0.2) is 35.6 Å². The van der Waals surface area contributed by atoms with E-state index in [0.717, 1.165) is 25.9 Å². The van der Waals surface area contributed by atoms with Gasteiger partial charge in [-0.25, -0.2) is 4.79 Å². The second kappa shape index (κ2) is 8.05. The normalized spacial score (nSPS) is 18.4. The van der Waals surface area contributed by atoms with Crippen molar-refractivity contribution in [1.82, 2.24) is 9.88 Å². The van der Waals surface area contributed by atoms with Crippen molar-refractivity contribution in [2.75, 3.05) is 18.5 Å². The molecule has 1 aromatic carbocycles. The molecule has 2 heterocycles. The third kappa shape index (κ3) is 4.24. The largest absolute Gasteiger partial charge is 0.415 e. The van der Waals surface area contributed by atoms with Crippen LogP contribution in [0.4, 0.5) is 10.5 Å².